The highest BCUT2D eigenvalue weighted by molar-refractivity contribution is 7.92. The fraction of sp³-hybridized carbons (Fsp3) is 0.286. The van der Waals surface area contributed by atoms with E-state index >= 15 is 4.39 Å². The summed E-state index contributed by atoms with van der Waals surface area (Å²) in [5.74, 6) is -1.22. The normalized spacial score (nSPS) is 19.6. The first-order valence-electron chi connectivity index (χ1n) is 13.8. The van der Waals surface area contributed by atoms with E-state index in [0.29, 0.717) is 34.7 Å². The minimum absolute atomic E-state index is 0.182. The number of benzene rings is 1. The predicted octanol–water partition coefficient (Wildman–Crippen LogP) is 4.97. The number of pyridine rings is 3. The zero-order chi connectivity index (χ0) is 31.4. The van der Waals surface area contributed by atoms with E-state index in [0.717, 1.165) is 12.1 Å². The van der Waals surface area contributed by atoms with E-state index in [1.165, 1.54) is 18.3 Å². The molecule has 4 aromatic rings. The van der Waals surface area contributed by atoms with Gasteiger partial charge in [-0.15, -0.1) is 0 Å². The quantitative estimate of drug-likeness (QED) is 0.318. The second-order valence-corrected chi connectivity index (χ2v) is 11.6. The lowest BCUT2D eigenvalue weighted by atomic mass is 10.0. The molecule has 6 rings (SSSR count). The number of carbonyl (C=O) groups excluding carboxylic acids is 1. The molecule has 0 radical (unpaired) electrons. The van der Waals surface area contributed by atoms with Gasteiger partial charge in [0, 0.05) is 25.5 Å². The predicted molar refractivity (Wildman–Crippen MR) is 144 cm³/mol. The van der Waals surface area contributed by atoms with Crippen molar-refractivity contribution in [2.24, 2.45) is 0 Å². The molecule has 0 fully saturated rings. The van der Waals surface area contributed by atoms with Crippen molar-refractivity contribution >= 4 is 38.3 Å². The molecule has 2 aliphatic rings. The van der Waals surface area contributed by atoms with E-state index in [9.17, 15) is 26.4 Å². The van der Waals surface area contributed by atoms with Crippen LogP contribution >= 0.6 is 0 Å². The fourth-order valence-corrected chi connectivity index (χ4v) is 6.18. The summed E-state index contributed by atoms with van der Waals surface area (Å²) in [6, 6.07) is 9.12. The number of hydrogen-bond donors (Lipinski definition) is 1. The van der Waals surface area contributed by atoms with E-state index < -0.39 is 74.4 Å². The molecule has 2 aliphatic heterocycles. The van der Waals surface area contributed by atoms with Gasteiger partial charge in [-0.3, -0.25) is 9.78 Å². The minimum atomic E-state index is -4.74. The summed E-state index contributed by atoms with van der Waals surface area (Å²) >= 11 is 0. The third kappa shape index (κ3) is 5.10. The maximum Gasteiger partial charge on any atom is 0.280 e. The molecule has 42 heavy (non-hydrogen) atoms. The van der Waals surface area contributed by atoms with Crippen LogP contribution < -0.4 is 15.0 Å². The topological polar surface area (TPSA) is 114 Å². The van der Waals surface area contributed by atoms with Crippen molar-refractivity contribution in [3.8, 4) is 5.75 Å². The first-order valence-corrected chi connectivity index (χ1v) is 14.3. The highest BCUT2D eigenvalue weighted by Gasteiger charge is 2.34. The first-order chi connectivity index (χ1) is 20.8. The largest absolute Gasteiger partial charge is 0.488 e. The van der Waals surface area contributed by atoms with Crippen molar-refractivity contribution in [2.45, 2.75) is 42.6 Å². The van der Waals surface area contributed by atoms with Crippen molar-refractivity contribution in [2.75, 3.05) is 18.1 Å². The molecule has 1 atom stereocenters. The number of amides is 1. The number of anilines is 2. The third-order valence-corrected chi connectivity index (χ3v) is 8.71. The second-order valence-electron chi connectivity index (χ2n) is 9.58. The van der Waals surface area contributed by atoms with Gasteiger partial charge in [0.1, 0.15) is 23.9 Å². The number of aromatic nitrogens is 3. The van der Waals surface area contributed by atoms with Gasteiger partial charge in [-0.05, 0) is 61.7 Å². The Balaban J connectivity index is 1.26. The molecule has 0 bridgehead atoms. The van der Waals surface area contributed by atoms with Crippen LogP contribution in [0.2, 0.25) is 0 Å². The monoisotopic (exact) mass is 603 g/mol. The van der Waals surface area contributed by atoms with E-state index in [1.54, 1.807) is 23.1 Å². The zero-order valence-corrected chi connectivity index (χ0v) is 22.5. The van der Waals surface area contributed by atoms with Crippen molar-refractivity contribution in [1.82, 2.24) is 20.3 Å². The van der Waals surface area contributed by atoms with Gasteiger partial charge in [0.2, 0.25) is 15.3 Å². The number of nitrogens with one attached hydrogen (secondary N) is 1. The molecule has 1 N–H and O–H groups in total. The number of carbonyl (C=O) groups is 1. The molecule has 218 valence electrons. The average molecular weight is 604 g/mol. The van der Waals surface area contributed by atoms with Crippen molar-refractivity contribution < 1.29 is 38.3 Å². The molecule has 14 heteroatoms. The van der Waals surface area contributed by atoms with Gasteiger partial charge in [-0.2, -0.15) is 0 Å². The van der Waals surface area contributed by atoms with Gasteiger partial charge in [0.15, 0.2) is 11.6 Å². The molecule has 9 nitrogen and oxygen atoms in total. The number of hydrogen-bond acceptors (Lipinski definition) is 8. The Morgan fingerprint density at radius 3 is 2.83 bits per heavy atom. The molecule has 3 aromatic heterocycles. The molecule has 1 aromatic carbocycles. The zero-order valence-electron chi connectivity index (χ0n) is 23.7. The van der Waals surface area contributed by atoms with E-state index in [4.69, 9.17) is 7.48 Å². The summed E-state index contributed by atoms with van der Waals surface area (Å²) in [6.45, 7) is 0.395. The number of rotatable bonds is 5. The van der Waals surface area contributed by atoms with Crippen LogP contribution in [0.1, 0.15) is 49.3 Å². The second kappa shape index (κ2) is 10.8. The molecule has 5 heterocycles. The summed E-state index contributed by atoms with van der Waals surface area (Å²) in [5.41, 5.74) is -3.29. The first kappa shape index (κ1) is 25.4. The van der Waals surface area contributed by atoms with Crippen molar-refractivity contribution in [1.29, 1.82) is 0 Å². The number of nitrogens with zero attached hydrogens (tertiary/aromatic N) is 4. The molecule has 0 saturated heterocycles. The Kier molecular flexibility index (Phi) is 6.54. The molecule has 0 unspecified atom stereocenters. The van der Waals surface area contributed by atoms with Gasteiger partial charge >= 0.3 is 0 Å². The third-order valence-electron chi connectivity index (χ3n) is 6.87. The fourth-order valence-electron chi connectivity index (χ4n) is 4.73. The van der Waals surface area contributed by atoms with Gasteiger partial charge in [-0.1, -0.05) is 0 Å². The number of sulfone groups is 1. The summed E-state index contributed by atoms with van der Waals surface area (Å²) in [6.07, 6.45) is -4.91. The minimum Gasteiger partial charge on any atom is -0.488 e. The lowest BCUT2D eigenvalue weighted by molar-refractivity contribution is 0.0949. The Morgan fingerprint density at radius 2 is 2.02 bits per heavy atom. The van der Waals surface area contributed by atoms with Crippen LogP contribution in [-0.4, -0.2) is 47.9 Å². The van der Waals surface area contributed by atoms with Crippen molar-refractivity contribution in [3.05, 3.63) is 77.0 Å². The highest BCUT2D eigenvalue weighted by atomic mass is 32.2. The Morgan fingerprint density at radius 1 is 1.19 bits per heavy atom. The van der Waals surface area contributed by atoms with Crippen molar-refractivity contribution in [3.63, 3.8) is 0 Å². The van der Waals surface area contributed by atoms with Crippen LogP contribution in [0.15, 0.2) is 53.6 Å². The summed E-state index contributed by atoms with van der Waals surface area (Å²) in [4.78, 5) is 26.6. The lowest BCUT2D eigenvalue weighted by Crippen LogP contribution is -2.30. The SMILES string of the molecule is [2H]C1([2H])CC[C@H](F)S(=O)(=O)c2cc(C(=O)NCc3cc4nc(N5CCOc6ccc(C(F)F)nc65)ccc4cn3)cc(F)c21. The maximum absolute atomic E-state index is 15.0. The Hall–Kier alpha value is -4.33. The Labute approximate surface area is 240 Å². The molecule has 0 aliphatic carbocycles. The molecule has 0 spiro atoms. The van der Waals surface area contributed by atoms with Gasteiger partial charge in [0.05, 0.1) is 29.2 Å². The van der Waals surface area contributed by atoms with Gasteiger partial charge in [-0.25, -0.2) is 35.9 Å². The van der Waals surface area contributed by atoms with Gasteiger partial charge in [0.25, 0.3) is 12.3 Å². The summed E-state index contributed by atoms with van der Waals surface area (Å²) in [7, 11) is -4.74. The van der Waals surface area contributed by atoms with E-state index in [-0.39, 0.29) is 19.0 Å². The standard InChI is InChI=1S/C28H23F4N5O4S/c29-19-10-16(11-23-18(19)2-1-3-24(30)42(23,39)40)28(38)34-14-17-12-21-15(13-33-17)4-7-25(35-21)37-8-9-41-22-6-5-20(26(31)32)36-27(22)37/h4-7,10-13,24,26H,1-3,8-9,14H2,(H,34,38)/t24-/m1/s1/i2D2. The molecule has 1 amide bonds. The van der Waals surface area contributed by atoms with E-state index in [1.807, 2.05) is 0 Å². The number of fused-ring (bicyclic) bond motifs is 3. The number of alkyl halides is 3. The smallest absolute Gasteiger partial charge is 0.280 e. The lowest BCUT2D eigenvalue weighted by Gasteiger charge is -2.29. The summed E-state index contributed by atoms with van der Waals surface area (Å²) in [5, 5.41) is 3.15. The maximum atomic E-state index is 15.0. The average Bonchev–Trinajstić information content (AvgIpc) is 3.07. The van der Waals surface area contributed by atoms with Crippen LogP contribution in [0.5, 0.6) is 5.75 Å². The van der Waals surface area contributed by atoms with Crippen LogP contribution in [0.3, 0.4) is 0 Å². The van der Waals surface area contributed by atoms with Crippen LogP contribution in [0, 0.1) is 5.82 Å². The van der Waals surface area contributed by atoms with E-state index in [2.05, 4.69) is 20.3 Å². The number of ether oxygens (including phenoxy) is 1. The highest BCUT2D eigenvalue weighted by Crippen LogP contribution is 2.36. The number of halogens is 4. The molecular weight excluding hydrogens is 578 g/mol. The van der Waals surface area contributed by atoms with Crippen LogP contribution in [0.4, 0.5) is 29.2 Å². The summed E-state index contributed by atoms with van der Waals surface area (Å²) < 4.78 is 103. The molecular formula is C28H23F4N5O4S. The van der Waals surface area contributed by atoms with Gasteiger partial charge < -0.3 is 15.0 Å². The molecule has 0 saturated carbocycles. The Bertz CT molecular complexity index is 1910. The van der Waals surface area contributed by atoms with Crippen LogP contribution in [0.25, 0.3) is 10.9 Å². The van der Waals surface area contributed by atoms with Crippen LogP contribution in [-0.2, 0) is 22.8 Å².